The van der Waals surface area contributed by atoms with Crippen LogP contribution in [0.5, 0.6) is 0 Å². The first-order chi connectivity index (χ1) is 20.2. The number of rotatable bonds is 9. The summed E-state index contributed by atoms with van der Waals surface area (Å²) in [5.74, 6) is -1.67. The minimum absolute atomic E-state index is 0.0521. The van der Waals surface area contributed by atoms with Crippen LogP contribution in [0.2, 0.25) is 0 Å². The molecule has 2 aliphatic heterocycles. The number of likely N-dealkylation sites (tertiary alicyclic amines) is 1. The van der Waals surface area contributed by atoms with E-state index < -0.39 is 29.7 Å². The number of hydrogen-bond acceptors (Lipinski definition) is 6. The molecule has 222 valence electrons. The van der Waals surface area contributed by atoms with Crippen LogP contribution in [-0.2, 0) is 6.42 Å². The maximum atomic E-state index is 14.0. The zero-order chi connectivity index (χ0) is 29.4. The SMILES string of the molecule is Cc1csc([C@H]2CCCN2C(=O)c2cc(C(=O)N[C@@H](Cc3cc(F)cc(F)c3)[C@@H](O)[C@H]3CCCN3)cc(C3CC3)c2)n1. The second-order valence-corrected chi connectivity index (χ2v) is 12.7. The maximum Gasteiger partial charge on any atom is 0.254 e. The molecule has 3 aliphatic rings. The van der Waals surface area contributed by atoms with Gasteiger partial charge in [0, 0.05) is 40.9 Å². The molecule has 1 saturated carbocycles. The summed E-state index contributed by atoms with van der Waals surface area (Å²) in [5, 5.41) is 20.4. The molecule has 0 unspecified atom stereocenters. The third-order valence-corrected chi connectivity index (χ3v) is 9.63. The predicted octanol–water partition coefficient (Wildman–Crippen LogP) is 5.04. The molecule has 1 aliphatic carbocycles. The highest BCUT2D eigenvalue weighted by molar-refractivity contribution is 7.09. The third kappa shape index (κ3) is 6.40. The molecule has 3 heterocycles. The molecule has 2 aromatic carbocycles. The summed E-state index contributed by atoms with van der Waals surface area (Å²) in [6.07, 6.45) is 4.45. The first kappa shape index (κ1) is 28.9. The van der Waals surface area contributed by atoms with Crippen LogP contribution in [0.4, 0.5) is 8.78 Å². The Hall–Kier alpha value is -3.21. The largest absolute Gasteiger partial charge is 0.389 e. The van der Waals surface area contributed by atoms with Crippen LogP contribution in [0.25, 0.3) is 0 Å². The normalized spacial score (nSPS) is 21.9. The summed E-state index contributed by atoms with van der Waals surface area (Å²) in [4.78, 5) is 34.1. The molecule has 3 aromatic rings. The number of aromatic nitrogens is 1. The van der Waals surface area contributed by atoms with Gasteiger partial charge >= 0.3 is 0 Å². The second kappa shape index (κ2) is 12.2. The van der Waals surface area contributed by atoms with Gasteiger partial charge in [0.25, 0.3) is 11.8 Å². The van der Waals surface area contributed by atoms with Crippen LogP contribution in [-0.4, -0.2) is 58.1 Å². The van der Waals surface area contributed by atoms with Gasteiger partial charge in [0.15, 0.2) is 0 Å². The van der Waals surface area contributed by atoms with Crippen LogP contribution >= 0.6 is 11.3 Å². The van der Waals surface area contributed by atoms with E-state index in [1.54, 1.807) is 17.4 Å². The zero-order valence-electron chi connectivity index (χ0n) is 23.6. The number of aryl methyl sites for hydroxylation is 1. The van der Waals surface area contributed by atoms with Crippen molar-refractivity contribution < 1.29 is 23.5 Å². The molecule has 7 nitrogen and oxygen atoms in total. The molecule has 4 atom stereocenters. The van der Waals surface area contributed by atoms with Crippen molar-refractivity contribution in [3.8, 4) is 0 Å². The standard InChI is InChI=1S/C32H36F2N4O3S/c1-18-17-42-31(36-18)28-5-3-9-38(28)32(41)23-14-21(20-6-7-20)13-22(15-23)30(40)37-27(29(39)26-4-2-8-35-26)12-19-10-24(33)16-25(34)11-19/h10-11,13-17,20,26-29,35,39H,2-9,12H2,1H3,(H,37,40)/t26-,27+,28-,29+/m1/s1. The number of aliphatic hydroxyl groups excluding tert-OH is 1. The fourth-order valence-corrected chi connectivity index (χ4v) is 7.23. The van der Waals surface area contributed by atoms with Gasteiger partial charge in [-0.3, -0.25) is 9.59 Å². The Kier molecular flexibility index (Phi) is 8.38. The Balaban J connectivity index is 1.27. The van der Waals surface area contributed by atoms with Gasteiger partial charge in [-0.2, -0.15) is 0 Å². The number of hydrogen-bond donors (Lipinski definition) is 3. The van der Waals surface area contributed by atoms with E-state index in [0.29, 0.717) is 29.2 Å². The van der Waals surface area contributed by atoms with Crippen molar-refractivity contribution in [2.75, 3.05) is 13.1 Å². The van der Waals surface area contributed by atoms with Gasteiger partial charge in [0.2, 0.25) is 0 Å². The van der Waals surface area contributed by atoms with Gasteiger partial charge in [-0.15, -0.1) is 11.3 Å². The third-order valence-electron chi connectivity index (χ3n) is 8.57. The van der Waals surface area contributed by atoms with Gasteiger partial charge in [-0.1, -0.05) is 0 Å². The van der Waals surface area contributed by atoms with E-state index in [1.165, 1.54) is 12.1 Å². The van der Waals surface area contributed by atoms with Crippen LogP contribution < -0.4 is 10.6 Å². The van der Waals surface area contributed by atoms with Crippen LogP contribution in [0.3, 0.4) is 0 Å². The highest BCUT2D eigenvalue weighted by atomic mass is 32.1. The molecular formula is C32H36F2N4O3S. The lowest BCUT2D eigenvalue weighted by Gasteiger charge is -2.29. The summed E-state index contributed by atoms with van der Waals surface area (Å²) in [6, 6.07) is 7.48. The molecule has 0 bridgehead atoms. The van der Waals surface area contributed by atoms with Gasteiger partial charge in [0.1, 0.15) is 16.6 Å². The lowest BCUT2D eigenvalue weighted by molar-refractivity contribution is 0.0733. The summed E-state index contributed by atoms with van der Waals surface area (Å²) >= 11 is 1.57. The number of thiazole rings is 1. The van der Waals surface area contributed by atoms with Crippen molar-refractivity contribution >= 4 is 23.2 Å². The number of carbonyl (C=O) groups excluding carboxylic acids is 2. The number of nitrogens with one attached hydrogen (secondary N) is 2. The topological polar surface area (TPSA) is 94.6 Å². The molecule has 2 saturated heterocycles. The fraction of sp³-hybridized carbons (Fsp3) is 0.469. The highest BCUT2D eigenvalue weighted by Crippen LogP contribution is 2.41. The monoisotopic (exact) mass is 594 g/mol. The van der Waals surface area contributed by atoms with E-state index in [4.69, 9.17) is 0 Å². The van der Waals surface area contributed by atoms with Crippen molar-refractivity contribution in [2.45, 2.75) is 82.0 Å². The summed E-state index contributed by atoms with van der Waals surface area (Å²) in [7, 11) is 0. The number of amides is 2. The van der Waals surface area contributed by atoms with Crippen LogP contribution in [0.1, 0.15) is 93.0 Å². The van der Waals surface area contributed by atoms with E-state index >= 15 is 0 Å². The number of halogens is 2. The van der Waals surface area contributed by atoms with E-state index in [1.807, 2.05) is 29.3 Å². The Labute approximate surface area is 248 Å². The molecule has 2 amide bonds. The van der Waals surface area contributed by atoms with Crippen LogP contribution in [0.15, 0.2) is 41.8 Å². The first-order valence-corrected chi connectivity index (χ1v) is 15.7. The van der Waals surface area contributed by atoms with Gasteiger partial charge < -0.3 is 20.6 Å². The van der Waals surface area contributed by atoms with Crippen LogP contribution in [0, 0.1) is 18.6 Å². The molecule has 0 radical (unpaired) electrons. The number of aliphatic hydroxyl groups is 1. The Morgan fingerprint density at radius 2 is 1.83 bits per heavy atom. The van der Waals surface area contributed by atoms with Gasteiger partial charge in [-0.05, 0) is 106 Å². The van der Waals surface area contributed by atoms with Gasteiger partial charge in [-0.25, -0.2) is 13.8 Å². The minimum Gasteiger partial charge on any atom is -0.389 e. The van der Waals surface area contributed by atoms with E-state index in [-0.39, 0.29) is 24.4 Å². The maximum absolute atomic E-state index is 14.0. The number of benzene rings is 2. The van der Waals surface area contributed by atoms with E-state index in [0.717, 1.165) is 67.4 Å². The molecule has 10 heteroatoms. The fourth-order valence-electron chi connectivity index (χ4n) is 6.29. The molecule has 42 heavy (non-hydrogen) atoms. The van der Waals surface area contributed by atoms with Crippen molar-refractivity contribution in [3.05, 3.63) is 86.4 Å². The van der Waals surface area contributed by atoms with Crippen molar-refractivity contribution in [3.63, 3.8) is 0 Å². The summed E-state index contributed by atoms with van der Waals surface area (Å²) in [5.41, 5.74) is 3.04. The average Bonchev–Trinajstić information content (AvgIpc) is 3.30. The lowest BCUT2D eigenvalue weighted by Crippen LogP contribution is -2.52. The predicted molar refractivity (Wildman–Crippen MR) is 157 cm³/mol. The van der Waals surface area contributed by atoms with Crippen molar-refractivity contribution in [1.29, 1.82) is 0 Å². The molecule has 3 fully saturated rings. The molecular weight excluding hydrogens is 558 g/mol. The van der Waals surface area contributed by atoms with E-state index in [2.05, 4.69) is 15.6 Å². The Bertz CT molecular complexity index is 1450. The second-order valence-electron chi connectivity index (χ2n) is 11.9. The Morgan fingerprint density at radius 3 is 2.50 bits per heavy atom. The lowest BCUT2D eigenvalue weighted by atomic mass is 9.94. The number of nitrogens with zero attached hydrogens (tertiary/aromatic N) is 2. The summed E-state index contributed by atoms with van der Waals surface area (Å²) in [6.45, 7) is 3.33. The average molecular weight is 595 g/mol. The molecule has 0 spiro atoms. The molecule has 1 aromatic heterocycles. The van der Waals surface area contributed by atoms with Gasteiger partial charge in [0.05, 0.1) is 18.2 Å². The number of carbonyl (C=O) groups is 2. The van der Waals surface area contributed by atoms with E-state index in [9.17, 15) is 23.5 Å². The summed E-state index contributed by atoms with van der Waals surface area (Å²) < 4.78 is 28.0. The Morgan fingerprint density at radius 1 is 1.07 bits per heavy atom. The smallest absolute Gasteiger partial charge is 0.254 e. The quantitative estimate of drug-likeness (QED) is 0.323. The molecule has 3 N–H and O–H groups in total. The zero-order valence-corrected chi connectivity index (χ0v) is 24.4. The highest BCUT2D eigenvalue weighted by Gasteiger charge is 2.35. The van der Waals surface area contributed by atoms with Crippen molar-refractivity contribution in [2.24, 2.45) is 0 Å². The first-order valence-electron chi connectivity index (χ1n) is 14.8. The van der Waals surface area contributed by atoms with Crippen molar-refractivity contribution in [1.82, 2.24) is 20.5 Å². The molecule has 6 rings (SSSR count). The minimum atomic E-state index is -0.970.